The SMILES string of the molecule is CN1C(=CC=CC=CC2=[N+](C)c3ccc4ccccc4c3C2(C)C)C(C)(C)c2c1ccc1ccccc21.O=S(=O)([O-])c1ccc2cc(S(=O)(=O)[O-])ccc2c1. The first-order chi connectivity index (χ1) is 25.9. The van der Waals surface area contributed by atoms with E-state index in [1.807, 2.05) is 0 Å². The first kappa shape index (κ1) is 37.9. The lowest BCUT2D eigenvalue weighted by Crippen LogP contribution is -2.26. The van der Waals surface area contributed by atoms with E-state index in [1.165, 1.54) is 67.6 Å². The van der Waals surface area contributed by atoms with Crippen LogP contribution in [0.3, 0.4) is 0 Å². The van der Waals surface area contributed by atoms with Gasteiger partial charge >= 0.3 is 0 Å². The molecule has 0 atom stereocenters. The molecule has 0 aromatic heterocycles. The normalized spacial score (nSPS) is 17.1. The number of hydrogen-bond donors (Lipinski definition) is 0. The van der Waals surface area contributed by atoms with Gasteiger partial charge in [0.05, 0.1) is 15.2 Å². The molecule has 0 bridgehead atoms. The minimum Gasteiger partial charge on any atom is -0.744 e. The molecule has 10 heteroatoms. The van der Waals surface area contributed by atoms with Gasteiger partial charge < -0.3 is 14.0 Å². The van der Waals surface area contributed by atoms with Gasteiger partial charge in [0.15, 0.2) is 5.71 Å². The van der Waals surface area contributed by atoms with Crippen LogP contribution in [0.15, 0.2) is 155 Å². The molecule has 0 spiro atoms. The van der Waals surface area contributed by atoms with E-state index in [9.17, 15) is 25.9 Å². The van der Waals surface area contributed by atoms with Crippen LogP contribution >= 0.6 is 0 Å². The van der Waals surface area contributed by atoms with Crippen LogP contribution in [0.1, 0.15) is 38.8 Å². The van der Waals surface area contributed by atoms with Gasteiger partial charge in [-0.1, -0.05) is 98.8 Å². The van der Waals surface area contributed by atoms with Crippen LogP contribution in [-0.4, -0.2) is 50.3 Å². The van der Waals surface area contributed by atoms with E-state index < -0.39 is 30.0 Å². The summed E-state index contributed by atoms with van der Waals surface area (Å²) in [4.78, 5) is 1.53. The fourth-order valence-electron chi connectivity index (χ4n) is 8.26. The second kappa shape index (κ2) is 13.7. The van der Waals surface area contributed by atoms with Crippen molar-refractivity contribution in [2.24, 2.45) is 0 Å². The fraction of sp³-hybridized carbons (Fsp3) is 0.178. The highest BCUT2D eigenvalue weighted by atomic mass is 32.2. The summed E-state index contributed by atoms with van der Waals surface area (Å²) in [6.07, 6.45) is 11.1. The number of benzene rings is 6. The second-order valence-electron chi connectivity index (χ2n) is 15.0. The Balaban J connectivity index is 0.000000217. The lowest BCUT2D eigenvalue weighted by molar-refractivity contribution is -0.401. The van der Waals surface area contributed by atoms with Gasteiger partial charge in [-0.2, -0.15) is 4.58 Å². The molecule has 2 aliphatic rings. The summed E-state index contributed by atoms with van der Waals surface area (Å²) < 4.78 is 67.2. The Bertz CT molecular complexity index is 2830. The van der Waals surface area contributed by atoms with Crippen molar-refractivity contribution in [3.8, 4) is 0 Å². The average molecular weight is 770 g/mol. The Kier molecular flexibility index (Phi) is 9.46. The van der Waals surface area contributed by atoms with E-state index in [4.69, 9.17) is 0 Å². The van der Waals surface area contributed by atoms with E-state index in [1.54, 1.807) is 0 Å². The van der Waals surface area contributed by atoms with Crippen LogP contribution in [0.2, 0.25) is 0 Å². The molecule has 8 nitrogen and oxygen atoms in total. The molecule has 0 N–H and O–H groups in total. The van der Waals surface area contributed by atoms with Crippen LogP contribution < -0.4 is 4.90 Å². The number of rotatable bonds is 5. The molecule has 0 radical (unpaired) electrons. The number of likely N-dealkylation sites (N-methyl/N-ethyl adjacent to an activating group) is 1. The Morgan fingerprint density at radius 3 is 1.67 bits per heavy atom. The molecule has 280 valence electrons. The molecule has 6 aromatic carbocycles. The molecule has 8 rings (SSSR count). The molecule has 0 aliphatic carbocycles. The summed E-state index contributed by atoms with van der Waals surface area (Å²) in [5.41, 5.74) is 7.93. The minimum atomic E-state index is -4.56. The highest BCUT2D eigenvalue weighted by Gasteiger charge is 2.44. The quantitative estimate of drug-likeness (QED) is 0.0975. The molecular formula is C45H41N2O6S2-. The lowest BCUT2D eigenvalue weighted by Gasteiger charge is -2.24. The average Bonchev–Trinajstić information content (AvgIpc) is 3.47. The third-order valence-corrected chi connectivity index (χ3v) is 12.5. The van der Waals surface area contributed by atoms with Gasteiger partial charge in [-0.15, -0.1) is 0 Å². The topological polar surface area (TPSA) is 121 Å². The Morgan fingerprint density at radius 2 is 1.11 bits per heavy atom. The zero-order chi connectivity index (χ0) is 39.5. The fourth-order valence-corrected chi connectivity index (χ4v) is 9.27. The van der Waals surface area contributed by atoms with Crippen molar-refractivity contribution in [3.63, 3.8) is 0 Å². The van der Waals surface area contributed by atoms with Crippen LogP contribution in [0.25, 0.3) is 32.3 Å². The van der Waals surface area contributed by atoms with Crippen molar-refractivity contribution in [2.45, 2.75) is 48.3 Å². The van der Waals surface area contributed by atoms with Gasteiger partial charge in [0.25, 0.3) is 0 Å². The zero-order valence-corrected chi connectivity index (χ0v) is 33.1. The first-order valence-corrected chi connectivity index (χ1v) is 20.6. The smallest absolute Gasteiger partial charge is 0.210 e. The van der Waals surface area contributed by atoms with Crippen molar-refractivity contribution < 1.29 is 30.5 Å². The summed E-state index contributed by atoms with van der Waals surface area (Å²) in [5.74, 6) is 0. The van der Waals surface area contributed by atoms with Gasteiger partial charge in [0.1, 0.15) is 27.3 Å². The first-order valence-electron chi connectivity index (χ1n) is 17.8. The monoisotopic (exact) mass is 769 g/mol. The predicted molar refractivity (Wildman–Crippen MR) is 219 cm³/mol. The number of hydrogen-bond acceptors (Lipinski definition) is 7. The van der Waals surface area contributed by atoms with Crippen LogP contribution in [-0.2, 0) is 31.1 Å². The summed E-state index contributed by atoms with van der Waals surface area (Å²) >= 11 is 0. The Hall–Kier alpha value is -5.39. The van der Waals surface area contributed by atoms with Crippen LogP contribution in [0.5, 0.6) is 0 Å². The van der Waals surface area contributed by atoms with Crippen LogP contribution in [0, 0.1) is 0 Å². The molecule has 0 saturated carbocycles. The van der Waals surface area contributed by atoms with Crippen molar-refractivity contribution in [2.75, 3.05) is 19.0 Å². The summed E-state index contributed by atoms with van der Waals surface area (Å²) in [7, 11) is -4.75. The zero-order valence-electron chi connectivity index (χ0n) is 31.4. The predicted octanol–water partition coefficient (Wildman–Crippen LogP) is 9.07. The second-order valence-corrected chi connectivity index (χ2v) is 17.7. The number of anilines is 1. The van der Waals surface area contributed by atoms with Crippen molar-refractivity contribution in [3.05, 3.63) is 156 Å². The number of allylic oxidation sites excluding steroid dienone is 6. The third kappa shape index (κ3) is 6.80. The maximum absolute atomic E-state index is 10.8. The Morgan fingerprint density at radius 1 is 0.600 bits per heavy atom. The van der Waals surface area contributed by atoms with Crippen molar-refractivity contribution >= 4 is 69.6 Å². The number of nitrogens with zero attached hydrogens (tertiary/aromatic N) is 2. The van der Waals surface area contributed by atoms with E-state index in [2.05, 4.69) is 154 Å². The Labute approximate surface area is 322 Å². The van der Waals surface area contributed by atoms with Crippen LogP contribution in [0.4, 0.5) is 11.4 Å². The third-order valence-electron chi connectivity index (χ3n) is 10.9. The molecule has 6 aromatic rings. The molecule has 0 fully saturated rings. The van der Waals surface area contributed by atoms with Crippen molar-refractivity contribution in [1.82, 2.24) is 0 Å². The minimum absolute atomic E-state index is 0.0654. The summed E-state index contributed by atoms with van der Waals surface area (Å²) in [6, 6.07) is 33.4. The van der Waals surface area contributed by atoms with E-state index >= 15 is 0 Å². The van der Waals surface area contributed by atoms with Gasteiger partial charge in [-0.3, -0.25) is 0 Å². The molecule has 2 heterocycles. The van der Waals surface area contributed by atoms with Gasteiger partial charge in [0, 0.05) is 41.6 Å². The highest BCUT2D eigenvalue weighted by Crippen LogP contribution is 2.50. The lowest BCUT2D eigenvalue weighted by atomic mass is 9.79. The van der Waals surface area contributed by atoms with E-state index in [0.29, 0.717) is 10.8 Å². The van der Waals surface area contributed by atoms with Crippen molar-refractivity contribution in [1.29, 1.82) is 0 Å². The molecule has 0 saturated heterocycles. The highest BCUT2D eigenvalue weighted by molar-refractivity contribution is 7.86. The maximum Gasteiger partial charge on any atom is 0.210 e. The molecule has 0 amide bonds. The van der Waals surface area contributed by atoms with E-state index in [-0.39, 0.29) is 10.8 Å². The molecule has 2 aliphatic heterocycles. The summed E-state index contributed by atoms with van der Waals surface area (Å²) in [5, 5.41) is 6.02. The standard InChI is InChI=1S/C35H35N2.C10H8O6S2/c1-34(2)30(36(5)28-22-20-24-14-10-12-16-26(24)32(28)34)18-8-7-9-19-31-35(3,4)33-27-17-13-11-15-25(27)21-23-29(33)37(31)6;11-17(12,13)9-3-1-7-5-10(18(14,15)16)4-2-8(7)6-9/h7-23H,1-6H3;1-6H,(H,11,12,13)(H,14,15,16)/q+1;/p-2. The maximum atomic E-state index is 10.8. The van der Waals surface area contributed by atoms with Gasteiger partial charge in [0.2, 0.25) is 5.69 Å². The van der Waals surface area contributed by atoms with Gasteiger partial charge in [-0.25, -0.2) is 16.8 Å². The largest absolute Gasteiger partial charge is 0.744 e. The molecule has 0 unspecified atom stereocenters. The molecule has 55 heavy (non-hydrogen) atoms. The van der Waals surface area contributed by atoms with E-state index in [0.717, 1.165) is 24.3 Å². The molecular weight excluding hydrogens is 729 g/mol. The van der Waals surface area contributed by atoms with Gasteiger partial charge in [-0.05, 0) is 94.2 Å². The summed E-state index contributed by atoms with van der Waals surface area (Å²) in [6.45, 7) is 9.35. The number of fused-ring (bicyclic) bond motifs is 7.